The van der Waals surface area contributed by atoms with Crippen LogP contribution in [-0.4, -0.2) is 45.1 Å². The van der Waals surface area contributed by atoms with Crippen LogP contribution in [0.2, 0.25) is 0 Å². The molecule has 3 aromatic rings. The molecule has 1 N–H and O–H groups in total. The third kappa shape index (κ3) is 4.81. The SMILES string of the molecule is COCCCn1c(SCC(=O)Nc2nc(C)c(C)s2)nnc1-c1ccoc1C. The molecule has 3 aromatic heterocycles. The van der Waals surface area contributed by atoms with Gasteiger partial charge in [-0.15, -0.1) is 21.5 Å². The van der Waals surface area contributed by atoms with E-state index in [1.165, 1.54) is 23.1 Å². The molecule has 8 nitrogen and oxygen atoms in total. The molecule has 0 fully saturated rings. The highest BCUT2D eigenvalue weighted by molar-refractivity contribution is 7.99. The monoisotopic (exact) mass is 421 g/mol. The van der Waals surface area contributed by atoms with E-state index in [-0.39, 0.29) is 11.7 Å². The molecule has 10 heteroatoms. The fraction of sp³-hybridized carbons (Fsp3) is 0.444. The smallest absolute Gasteiger partial charge is 0.236 e. The van der Waals surface area contributed by atoms with E-state index in [1.807, 2.05) is 31.4 Å². The van der Waals surface area contributed by atoms with Crippen molar-refractivity contribution in [3.63, 3.8) is 0 Å². The van der Waals surface area contributed by atoms with Crippen LogP contribution < -0.4 is 5.32 Å². The second-order valence-corrected chi connectivity index (χ2v) is 8.34. The fourth-order valence-electron chi connectivity index (χ4n) is 2.59. The predicted molar refractivity (Wildman–Crippen MR) is 110 cm³/mol. The molecule has 0 aliphatic rings. The molecule has 0 saturated heterocycles. The topological polar surface area (TPSA) is 95.1 Å². The minimum absolute atomic E-state index is 0.119. The summed E-state index contributed by atoms with van der Waals surface area (Å²) in [5, 5.41) is 12.8. The van der Waals surface area contributed by atoms with Gasteiger partial charge in [0.15, 0.2) is 16.1 Å². The van der Waals surface area contributed by atoms with Crippen LogP contribution in [-0.2, 0) is 16.1 Å². The second kappa shape index (κ2) is 9.35. The van der Waals surface area contributed by atoms with Gasteiger partial charge in [-0.05, 0) is 33.3 Å². The van der Waals surface area contributed by atoms with Gasteiger partial charge in [-0.25, -0.2) is 4.98 Å². The number of aromatic nitrogens is 4. The van der Waals surface area contributed by atoms with Gasteiger partial charge in [0.25, 0.3) is 0 Å². The van der Waals surface area contributed by atoms with Crippen LogP contribution in [0.1, 0.15) is 22.8 Å². The van der Waals surface area contributed by atoms with Crippen molar-refractivity contribution in [1.29, 1.82) is 0 Å². The zero-order valence-electron chi connectivity index (χ0n) is 16.3. The Morgan fingerprint density at radius 3 is 2.82 bits per heavy atom. The average Bonchev–Trinajstić information content (AvgIpc) is 3.33. The molecule has 150 valence electrons. The molecule has 0 unspecified atom stereocenters. The number of nitrogens with one attached hydrogen (secondary N) is 1. The second-order valence-electron chi connectivity index (χ2n) is 6.19. The number of thiazole rings is 1. The summed E-state index contributed by atoms with van der Waals surface area (Å²) < 4.78 is 12.6. The van der Waals surface area contributed by atoms with Crippen molar-refractivity contribution < 1.29 is 13.9 Å². The zero-order valence-corrected chi connectivity index (χ0v) is 17.9. The summed E-state index contributed by atoms with van der Waals surface area (Å²) in [4.78, 5) is 17.7. The van der Waals surface area contributed by atoms with Gasteiger partial charge >= 0.3 is 0 Å². The summed E-state index contributed by atoms with van der Waals surface area (Å²) in [7, 11) is 1.68. The van der Waals surface area contributed by atoms with E-state index in [4.69, 9.17) is 9.15 Å². The number of anilines is 1. The number of carbonyl (C=O) groups is 1. The van der Waals surface area contributed by atoms with Gasteiger partial charge in [0.2, 0.25) is 5.91 Å². The first-order chi connectivity index (χ1) is 13.5. The van der Waals surface area contributed by atoms with Crippen molar-refractivity contribution in [3.8, 4) is 11.4 Å². The third-order valence-corrected chi connectivity index (χ3v) is 6.11. The number of methoxy groups -OCH3 is 1. The van der Waals surface area contributed by atoms with Crippen LogP contribution in [0, 0.1) is 20.8 Å². The molecular formula is C18H23N5O3S2. The van der Waals surface area contributed by atoms with Crippen LogP contribution in [0.25, 0.3) is 11.4 Å². The normalized spacial score (nSPS) is 11.1. The lowest BCUT2D eigenvalue weighted by Gasteiger charge is -2.09. The first-order valence-electron chi connectivity index (χ1n) is 8.83. The molecule has 0 aliphatic heterocycles. The summed E-state index contributed by atoms with van der Waals surface area (Å²) >= 11 is 2.83. The number of hydrogen-bond donors (Lipinski definition) is 1. The highest BCUT2D eigenvalue weighted by Crippen LogP contribution is 2.28. The van der Waals surface area contributed by atoms with Crippen LogP contribution in [0.5, 0.6) is 0 Å². The minimum Gasteiger partial charge on any atom is -0.469 e. The Kier molecular flexibility index (Phi) is 6.87. The summed E-state index contributed by atoms with van der Waals surface area (Å²) in [6.07, 6.45) is 2.45. The summed E-state index contributed by atoms with van der Waals surface area (Å²) in [5.41, 5.74) is 1.83. The maximum atomic E-state index is 12.3. The fourth-order valence-corrected chi connectivity index (χ4v) is 4.19. The molecular weight excluding hydrogens is 398 g/mol. The van der Waals surface area contributed by atoms with Gasteiger partial charge in [-0.1, -0.05) is 11.8 Å². The number of furan rings is 1. The Balaban J connectivity index is 1.70. The first kappa shape index (κ1) is 20.6. The van der Waals surface area contributed by atoms with Gasteiger partial charge < -0.3 is 19.0 Å². The van der Waals surface area contributed by atoms with Crippen LogP contribution in [0.4, 0.5) is 5.13 Å². The summed E-state index contributed by atoms with van der Waals surface area (Å²) in [5.74, 6) is 1.62. The maximum Gasteiger partial charge on any atom is 0.236 e. The van der Waals surface area contributed by atoms with E-state index in [9.17, 15) is 4.79 Å². The largest absolute Gasteiger partial charge is 0.469 e. The number of aryl methyl sites for hydroxylation is 3. The van der Waals surface area contributed by atoms with Gasteiger partial charge in [-0.3, -0.25) is 4.79 Å². The molecule has 0 spiro atoms. The number of rotatable bonds is 9. The molecule has 0 aromatic carbocycles. The summed E-state index contributed by atoms with van der Waals surface area (Å²) in [6.45, 7) is 7.13. The van der Waals surface area contributed by atoms with Gasteiger partial charge in [0.05, 0.1) is 23.3 Å². The van der Waals surface area contributed by atoms with Crippen molar-refractivity contribution in [2.24, 2.45) is 0 Å². The number of ether oxygens (including phenoxy) is 1. The number of nitrogens with zero attached hydrogens (tertiary/aromatic N) is 4. The lowest BCUT2D eigenvalue weighted by Crippen LogP contribution is -2.14. The molecule has 0 aliphatic carbocycles. The van der Waals surface area contributed by atoms with Crippen molar-refractivity contribution in [2.45, 2.75) is 38.9 Å². The molecule has 3 heterocycles. The molecule has 0 saturated carbocycles. The van der Waals surface area contributed by atoms with Crippen molar-refractivity contribution in [3.05, 3.63) is 28.7 Å². The molecule has 0 atom stereocenters. The Morgan fingerprint density at radius 2 is 2.18 bits per heavy atom. The minimum atomic E-state index is -0.119. The molecule has 0 radical (unpaired) electrons. The average molecular weight is 422 g/mol. The van der Waals surface area contributed by atoms with E-state index < -0.39 is 0 Å². The third-order valence-electron chi connectivity index (χ3n) is 4.15. The van der Waals surface area contributed by atoms with Crippen LogP contribution in [0.3, 0.4) is 0 Å². The lowest BCUT2D eigenvalue weighted by molar-refractivity contribution is -0.113. The Bertz CT molecular complexity index is 928. The first-order valence-corrected chi connectivity index (χ1v) is 10.6. The Morgan fingerprint density at radius 1 is 1.36 bits per heavy atom. The maximum absolute atomic E-state index is 12.3. The van der Waals surface area contributed by atoms with Crippen LogP contribution in [0.15, 0.2) is 21.9 Å². The van der Waals surface area contributed by atoms with E-state index in [0.29, 0.717) is 23.4 Å². The van der Waals surface area contributed by atoms with Crippen molar-refractivity contribution in [2.75, 3.05) is 24.8 Å². The van der Waals surface area contributed by atoms with Crippen molar-refractivity contribution in [1.82, 2.24) is 19.7 Å². The molecule has 28 heavy (non-hydrogen) atoms. The molecule has 1 amide bonds. The summed E-state index contributed by atoms with van der Waals surface area (Å²) in [6, 6.07) is 1.88. The highest BCUT2D eigenvalue weighted by Gasteiger charge is 2.18. The van der Waals surface area contributed by atoms with E-state index >= 15 is 0 Å². The van der Waals surface area contributed by atoms with Crippen LogP contribution >= 0.6 is 23.1 Å². The van der Waals surface area contributed by atoms with E-state index in [2.05, 4.69) is 20.5 Å². The molecule has 3 rings (SSSR count). The Labute approximate surface area is 171 Å². The predicted octanol–water partition coefficient (Wildman–Crippen LogP) is 3.69. The number of carbonyl (C=O) groups excluding carboxylic acids is 1. The Hall–Kier alpha value is -2.17. The lowest BCUT2D eigenvalue weighted by atomic mass is 10.2. The van der Waals surface area contributed by atoms with E-state index in [1.54, 1.807) is 13.4 Å². The number of amides is 1. The molecule has 0 bridgehead atoms. The van der Waals surface area contributed by atoms with Crippen molar-refractivity contribution >= 4 is 34.1 Å². The van der Waals surface area contributed by atoms with Gasteiger partial charge in [0.1, 0.15) is 5.76 Å². The van der Waals surface area contributed by atoms with Gasteiger partial charge in [0, 0.05) is 25.1 Å². The number of hydrogen-bond acceptors (Lipinski definition) is 8. The van der Waals surface area contributed by atoms with E-state index in [0.717, 1.165) is 34.1 Å². The van der Waals surface area contributed by atoms with Gasteiger partial charge in [-0.2, -0.15) is 0 Å². The standard InChI is InChI=1S/C18H23N5O3S2/c1-11-13(3)28-17(19-11)20-15(24)10-27-18-22-21-16(14-6-9-26-12(14)2)23(18)7-5-8-25-4/h6,9H,5,7-8,10H2,1-4H3,(H,19,20,24). The highest BCUT2D eigenvalue weighted by atomic mass is 32.2. The number of thioether (sulfide) groups is 1. The zero-order chi connectivity index (χ0) is 20.1. The quantitative estimate of drug-likeness (QED) is 0.416.